The van der Waals surface area contributed by atoms with Crippen LogP contribution in [0.15, 0.2) is 66.2 Å². The van der Waals surface area contributed by atoms with Crippen LogP contribution < -0.4 is 5.32 Å². The maximum atomic E-state index is 13.5. The summed E-state index contributed by atoms with van der Waals surface area (Å²) in [5, 5.41) is 6.19. The molecule has 3 aromatic rings. The number of ketones is 1. The number of hydrogen-bond donors (Lipinski definition) is 1. The van der Waals surface area contributed by atoms with Crippen LogP contribution in [-0.2, 0) is 10.2 Å². The third kappa shape index (κ3) is 3.39. The van der Waals surface area contributed by atoms with Crippen molar-refractivity contribution in [2.75, 3.05) is 5.32 Å². The van der Waals surface area contributed by atoms with Gasteiger partial charge in [-0.15, -0.1) is 0 Å². The van der Waals surface area contributed by atoms with Crippen molar-refractivity contribution in [3.05, 3.63) is 82.9 Å². The van der Waals surface area contributed by atoms with E-state index in [0.717, 1.165) is 23.2 Å². The molecule has 2 aliphatic rings. The Kier molecular flexibility index (Phi) is 4.41. The number of nitrogens with one attached hydrogen (secondary N) is 1. The summed E-state index contributed by atoms with van der Waals surface area (Å²) in [6, 6.07) is 21.6. The predicted molar refractivity (Wildman–Crippen MR) is 130 cm³/mol. The topological polar surface area (TPSA) is 29.1 Å². The predicted octanol–water partition coefficient (Wildman–Crippen LogP) is 7.45. The van der Waals surface area contributed by atoms with Gasteiger partial charge < -0.3 is 5.32 Å². The van der Waals surface area contributed by atoms with E-state index >= 15 is 0 Å². The second-order valence-electron chi connectivity index (χ2n) is 11.0. The van der Waals surface area contributed by atoms with E-state index in [2.05, 4.69) is 101 Å². The summed E-state index contributed by atoms with van der Waals surface area (Å²) < 4.78 is 0. The minimum atomic E-state index is -0.0960. The van der Waals surface area contributed by atoms with Crippen molar-refractivity contribution in [2.24, 2.45) is 5.41 Å². The average molecular weight is 410 g/mol. The first-order valence-corrected chi connectivity index (χ1v) is 11.3. The Hall–Kier alpha value is -2.87. The highest BCUT2D eigenvalue weighted by Gasteiger charge is 2.40. The highest BCUT2D eigenvalue weighted by molar-refractivity contribution is 6.12. The van der Waals surface area contributed by atoms with Crippen LogP contribution in [-0.4, -0.2) is 5.78 Å². The van der Waals surface area contributed by atoms with Crippen molar-refractivity contribution in [1.29, 1.82) is 0 Å². The molecule has 0 fully saturated rings. The minimum absolute atomic E-state index is 0.0257. The summed E-state index contributed by atoms with van der Waals surface area (Å²) in [4.78, 5) is 13.5. The zero-order valence-corrected chi connectivity index (χ0v) is 19.2. The number of rotatable bonds is 1. The standard InChI is InChI=1S/C29H31NO/c1-28(2,3)20-13-10-19(11-14-20)27-26-22(16-29(4,5)17-24(26)31)25-21-9-7-6-8-18(21)12-15-23(25)30-27/h6-15,27,30H,16-17H2,1-5H3. The molecule has 0 bridgehead atoms. The highest BCUT2D eigenvalue weighted by Crippen LogP contribution is 2.52. The van der Waals surface area contributed by atoms with Crippen molar-refractivity contribution >= 4 is 27.8 Å². The molecule has 0 saturated heterocycles. The van der Waals surface area contributed by atoms with Gasteiger partial charge in [-0.3, -0.25) is 4.79 Å². The van der Waals surface area contributed by atoms with Crippen LogP contribution in [0.5, 0.6) is 0 Å². The third-order valence-electron chi connectivity index (χ3n) is 6.85. The van der Waals surface area contributed by atoms with E-state index in [9.17, 15) is 4.79 Å². The van der Waals surface area contributed by atoms with Gasteiger partial charge in [0.2, 0.25) is 0 Å². The number of carbonyl (C=O) groups excluding carboxylic acids is 1. The van der Waals surface area contributed by atoms with E-state index in [0.29, 0.717) is 6.42 Å². The molecule has 2 nitrogen and oxygen atoms in total. The lowest BCUT2D eigenvalue weighted by Gasteiger charge is -2.40. The monoisotopic (exact) mass is 409 g/mol. The van der Waals surface area contributed by atoms with Gasteiger partial charge in [-0.2, -0.15) is 0 Å². The molecule has 0 radical (unpaired) electrons. The molecule has 1 atom stereocenters. The zero-order chi connectivity index (χ0) is 22.0. The molecular formula is C29H31NO. The summed E-state index contributed by atoms with van der Waals surface area (Å²) in [6.45, 7) is 11.1. The first-order chi connectivity index (χ1) is 14.6. The van der Waals surface area contributed by atoms with Gasteiger partial charge in [-0.1, -0.05) is 89.2 Å². The zero-order valence-electron chi connectivity index (χ0n) is 19.2. The fourth-order valence-electron chi connectivity index (χ4n) is 5.26. The Labute approximate surface area is 185 Å². The van der Waals surface area contributed by atoms with Gasteiger partial charge in [0.1, 0.15) is 0 Å². The van der Waals surface area contributed by atoms with Crippen LogP contribution in [0.25, 0.3) is 16.3 Å². The first-order valence-electron chi connectivity index (χ1n) is 11.3. The average Bonchev–Trinajstić information content (AvgIpc) is 2.71. The number of anilines is 1. The van der Waals surface area contributed by atoms with Crippen molar-refractivity contribution in [3.63, 3.8) is 0 Å². The number of carbonyl (C=O) groups is 1. The maximum absolute atomic E-state index is 13.5. The Morgan fingerprint density at radius 2 is 1.61 bits per heavy atom. The Bertz CT molecular complexity index is 1220. The molecule has 1 aliphatic heterocycles. The Balaban J connectivity index is 1.72. The van der Waals surface area contributed by atoms with E-state index < -0.39 is 0 Å². The number of hydrogen-bond acceptors (Lipinski definition) is 2. The minimum Gasteiger partial charge on any atom is -0.373 e. The van der Waals surface area contributed by atoms with Crippen LogP contribution in [0.4, 0.5) is 5.69 Å². The summed E-state index contributed by atoms with van der Waals surface area (Å²) in [7, 11) is 0. The molecule has 1 heterocycles. The van der Waals surface area contributed by atoms with Crippen LogP contribution in [0, 0.1) is 5.41 Å². The molecule has 0 aromatic heterocycles. The molecule has 1 aliphatic carbocycles. The molecule has 1 unspecified atom stereocenters. The van der Waals surface area contributed by atoms with Crippen LogP contribution in [0.2, 0.25) is 0 Å². The number of benzene rings is 3. The normalized spacial score (nSPS) is 20.3. The number of Topliss-reactive ketones (excluding diaryl/α,β-unsaturated/α-hetero) is 1. The smallest absolute Gasteiger partial charge is 0.162 e. The number of fused-ring (bicyclic) bond motifs is 4. The van der Waals surface area contributed by atoms with Crippen LogP contribution >= 0.6 is 0 Å². The molecule has 5 rings (SSSR count). The van der Waals surface area contributed by atoms with Crippen LogP contribution in [0.3, 0.4) is 0 Å². The Morgan fingerprint density at radius 3 is 2.32 bits per heavy atom. The summed E-state index contributed by atoms with van der Waals surface area (Å²) in [6.07, 6.45) is 1.53. The van der Waals surface area contributed by atoms with Crippen molar-refractivity contribution in [1.82, 2.24) is 0 Å². The molecule has 158 valence electrons. The Morgan fingerprint density at radius 1 is 0.903 bits per heavy atom. The lowest BCUT2D eigenvalue weighted by Crippen LogP contribution is -2.33. The van der Waals surface area contributed by atoms with Gasteiger partial charge in [0.25, 0.3) is 0 Å². The molecule has 31 heavy (non-hydrogen) atoms. The fraction of sp³-hybridized carbons (Fsp3) is 0.345. The molecule has 0 amide bonds. The van der Waals surface area contributed by atoms with E-state index in [1.165, 1.54) is 27.5 Å². The molecule has 1 N–H and O–H groups in total. The maximum Gasteiger partial charge on any atom is 0.162 e. The first kappa shape index (κ1) is 20.1. The van der Waals surface area contributed by atoms with Gasteiger partial charge in [-0.25, -0.2) is 0 Å². The second kappa shape index (κ2) is 6.82. The largest absolute Gasteiger partial charge is 0.373 e. The van der Waals surface area contributed by atoms with Crippen molar-refractivity contribution < 1.29 is 4.79 Å². The second-order valence-corrected chi connectivity index (χ2v) is 11.0. The SMILES string of the molecule is CC1(C)CC(=O)C2=C(C1)c1c(ccc3ccccc13)NC2c1ccc(C(C)(C)C)cc1. The lowest BCUT2D eigenvalue weighted by molar-refractivity contribution is -0.118. The van der Waals surface area contributed by atoms with Crippen molar-refractivity contribution in [3.8, 4) is 0 Å². The summed E-state index contributed by atoms with van der Waals surface area (Å²) in [5.74, 6) is 0.280. The van der Waals surface area contributed by atoms with E-state index in [-0.39, 0.29) is 22.7 Å². The van der Waals surface area contributed by atoms with Gasteiger partial charge in [0.15, 0.2) is 5.78 Å². The van der Waals surface area contributed by atoms with E-state index in [1.807, 2.05) is 0 Å². The molecule has 0 spiro atoms. The third-order valence-corrected chi connectivity index (χ3v) is 6.85. The van der Waals surface area contributed by atoms with E-state index in [4.69, 9.17) is 0 Å². The highest BCUT2D eigenvalue weighted by atomic mass is 16.1. The molecule has 3 aromatic carbocycles. The molecule has 2 heteroatoms. The van der Waals surface area contributed by atoms with Crippen molar-refractivity contribution in [2.45, 2.75) is 58.9 Å². The summed E-state index contributed by atoms with van der Waals surface area (Å²) >= 11 is 0. The lowest BCUT2D eigenvalue weighted by atomic mass is 9.67. The van der Waals surface area contributed by atoms with E-state index in [1.54, 1.807) is 0 Å². The quantitative estimate of drug-likeness (QED) is 0.452. The van der Waals surface area contributed by atoms with Crippen LogP contribution in [0.1, 0.15) is 70.2 Å². The fourth-order valence-corrected chi connectivity index (χ4v) is 5.26. The van der Waals surface area contributed by atoms with Gasteiger partial charge in [0.05, 0.1) is 6.04 Å². The van der Waals surface area contributed by atoms with Gasteiger partial charge >= 0.3 is 0 Å². The molecule has 0 saturated carbocycles. The summed E-state index contributed by atoms with van der Waals surface area (Å²) in [5.41, 5.74) is 7.10. The van der Waals surface area contributed by atoms with Gasteiger partial charge in [0, 0.05) is 23.2 Å². The van der Waals surface area contributed by atoms with Gasteiger partial charge in [-0.05, 0) is 50.8 Å². The molecular weight excluding hydrogens is 378 g/mol. The number of allylic oxidation sites excluding steroid dienone is 1.